The smallest absolute Gasteiger partial charge is 0.0801 e. The van der Waals surface area contributed by atoms with Crippen LogP contribution in [0.25, 0.3) is 0 Å². The predicted molar refractivity (Wildman–Crippen MR) is 35.2 cm³/mol. The highest BCUT2D eigenvalue weighted by molar-refractivity contribution is 4.80. The molecule has 1 aliphatic carbocycles. The van der Waals surface area contributed by atoms with E-state index >= 15 is 0 Å². The van der Waals surface area contributed by atoms with Crippen LogP contribution < -0.4 is 0 Å². The standard InChI is InChI=1S/C7H14O2/c1-2-9-5-7(8)6-3-4-6/h6-8H,2-5H2,1H3. The molecule has 1 rings (SSSR count). The van der Waals surface area contributed by atoms with Gasteiger partial charge in [-0.1, -0.05) is 0 Å². The van der Waals surface area contributed by atoms with Crippen LogP contribution in [0.3, 0.4) is 0 Å². The van der Waals surface area contributed by atoms with Gasteiger partial charge in [0.25, 0.3) is 0 Å². The van der Waals surface area contributed by atoms with Crippen LogP contribution >= 0.6 is 0 Å². The average molecular weight is 130 g/mol. The van der Waals surface area contributed by atoms with Crippen molar-refractivity contribution in [3.63, 3.8) is 0 Å². The largest absolute Gasteiger partial charge is 0.390 e. The molecule has 0 amide bonds. The molecule has 2 heteroatoms. The van der Waals surface area contributed by atoms with Gasteiger partial charge in [0, 0.05) is 6.61 Å². The molecule has 0 heterocycles. The summed E-state index contributed by atoms with van der Waals surface area (Å²) in [6, 6.07) is 0. The molecule has 1 N–H and O–H groups in total. The number of rotatable bonds is 4. The minimum absolute atomic E-state index is 0.190. The van der Waals surface area contributed by atoms with Gasteiger partial charge < -0.3 is 9.84 Å². The molecule has 1 saturated carbocycles. The van der Waals surface area contributed by atoms with Crippen molar-refractivity contribution in [2.75, 3.05) is 13.2 Å². The molecule has 0 saturated heterocycles. The van der Waals surface area contributed by atoms with Gasteiger partial charge in [0.15, 0.2) is 0 Å². The number of hydrogen-bond acceptors (Lipinski definition) is 2. The Kier molecular flexibility index (Phi) is 2.49. The first-order chi connectivity index (χ1) is 4.34. The summed E-state index contributed by atoms with van der Waals surface area (Å²) in [6.45, 7) is 3.19. The summed E-state index contributed by atoms with van der Waals surface area (Å²) < 4.78 is 5.05. The third kappa shape index (κ3) is 2.33. The Labute approximate surface area is 55.8 Å². The zero-order valence-electron chi connectivity index (χ0n) is 5.84. The van der Waals surface area contributed by atoms with E-state index in [9.17, 15) is 5.11 Å². The van der Waals surface area contributed by atoms with Crippen LogP contribution in [0, 0.1) is 5.92 Å². The second-order valence-electron chi connectivity index (χ2n) is 2.56. The van der Waals surface area contributed by atoms with Gasteiger partial charge >= 0.3 is 0 Å². The van der Waals surface area contributed by atoms with E-state index in [0.29, 0.717) is 19.1 Å². The summed E-state index contributed by atoms with van der Waals surface area (Å²) in [5, 5.41) is 9.20. The average Bonchev–Trinajstić information content (AvgIpc) is 2.63. The molecule has 0 spiro atoms. The maximum atomic E-state index is 9.20. The zero-order chi connectivity index (χ0) is 6.69. The number of ether oxygens (including phenoxy) is 1. The molecule has 0 radical (unpaired) electrons. The highest BCUT2D eigenvalue weighted by Gasteiger charge is 2.29. The Morgan fingerprint density at radius 2 is 2.33 bits per heavy atom. The van der Waals surface area contributed by atoms with E-state index < -0.39 is 0 Å². The first kappa shape index (κ1) is 7.03. The third-order valence-corrected chi connectivity index (χ3v) is 1.66. The Morgan fingerprint density at radius 3 is 2.78 bits per heavy atom. The van der Waals surface area contributed by atoms with Crippen molar-refractivity contribution in [2.45, 2.75) is 25.9 Å². The van der Waals surface area contributed by atoms with Gasteiger partial charge in [0.1, 0.15) is 0 Å². The Hall–Kier alpha value is -0.0800. The molecular formula is C7H14O2. The van der Waals surface area contributed by atoms with Crippen LogP contribution in [0.1, 0.15) is 19.8 Å². The van der Waals surface area contributed by atoms with Gasteiger partial charge in [-0.3, -0.25) is 0 Å². The van der Waals surface area contributed by atoms with Gasteiger partial charge in [-0.05, 0) is 25.7 Å². The van der Waals surface area contributed by atoms with Gasteiger partial charge in [-0.2, -0.15) is 0 Å². The lowest BCUT2D eigenvalue weighted by Gasteiger charge is -2.07. The molecule has 2 nitrogen and oxygen atoms in total. The van der Waals surface area contributed by atoms with Crippen molar-refractivity contribution in [3.8, 4) is 0 Å². The van der Waals surface area contributed by atoms with Gasteiger partial charge in [0.05, 0.1) is 12.7 Å². The van der Waals surface area contributed by atoms with Crippen LogP contribution in [-0.2, 0) is 4.74 Å². The maximum Gasteiger partial charge on any atom is 0.0801 e. The third-order valence-electron chi connectivity index (χ3n) is 1.66. The molecule has 0 bridgehead atoms. The first-order valence-corrected chi connectivity index (χ1v) is 3.60. The van der Waals surface area contributed by atoms with Crippen molar-refractivity contribution in [3.05, 3.63) is 0 Å². The Balaban J connectivity index is 1.96. The van der Waals surface area contributed by atoms with E-state index in [0.717, 1.165) is 0 Å². The zero-order valence-corrected chi connectivity index (χ0v) is 5.84. The molecule has 9 heavy (non-hydrogen) atoms. The van der Waals surface area contributed by atoms with Gasteiger partial charge in [-0.15, -0.1) is 0 Å². The molecule has 1 atom stereocenters. The van der Waals surface area contributed by atoms with Gasteiger partial charge in [0.2, 0.25) is 0 Å². The summed E-state index contributed by atoms with van der Waals surface area (Å²) in [7, 11) is 0. The summed E-state index contributed by atoms with van der Waals surface area (Å²) >= 11 is 0. The Bertz CT molecular complexity index is 79.0. The van der Waals surface area contributed by atoms with Crippen LogP contribution in [0.5, 0.6) is 0 Å². The molecule has 0 aromatic rings. The quantitative estimate of drug-likeness (QED) is 0.609. The molecule has 0 aromatic carbocycles. The van der Waals surface area contributed by atoms with Crippen molar-refractivity contribution < 1.29 is 9.84 Å². The van der Waals surface area contributed by atoms with E-state index in [1.54, 1.807) is 0 Å². The van der Waals surface area contributed by atoms with Crippen LogP contribution in [0.15, 0.2) is 0 Å². The van der Waals surface area contributed by atoms with Crippen LogP contribution in [0.4, 0.5) is 0 Å². The second kappa shape index (κ2) is 3.18. The van der Waals surface area contributed by atoms with Gasteiger partial charge in [-0.25, -0.2) is 0 Å². The minimum atomic E-state index is -0.190. The molecular weight excluding hydrogens is 116 g/mol. The summed E-state index contributed by atoms with van der Waals surface area (Å²) in [5.74, 6) is 0.552. The van der Waals surface area contributed by atoms with Crippen molar-refractivity contribution in [1.29, 1.82) is 0 Å². The topological polar surface area (TPSA) is 29.5 Å². The first-order valence-electron chi connectivity index (χ1n) is 3.60. The van der Waals surface area contributed by atoms with Crippen molar-refractivity contribution >= 4 is 0 Å². The molecule has 1 aliphatic rings. The molecule has 1 fully saturated rings. The maximum absolute atomic E-state index is 9.20. The lowest BCUT2D eigenvalue weighted by Crippen LogP contribution is -2.16. The van der Waals surface area contributed by atoms with E-state index in [1.807, 2.05) is 6.92 Å². The van der Waals surface area contributed by atoms with E-state index in [-0.39, 0.29) is 6.10 Å². The predicted octanol–water partition coefficient (Wildman–Crippen LogP) is 0.794. The second-order valence-corrected chi connectivity index (χ2v) is 2.56. The number of hydrogen-bond donors (Lipinski definition) is 1. The SMILES string of the molecule is CCOCC(O)C1CC1. The number of aliphatic hydroxyl groups is 1. The molecule has 54 valence electrons. The summed E-state index contributed by atoms with van der Waals surface area (Å²) in [4.78, 5) is 0. The fourth-order valence-corrected chi connectivity index (χ4v) is 0.856. The van der Waals surface area contributed by atoms with Crippen molar-refractivity contribution in [2.24, 2.45) is 5.92 Å². The monoisotopic (exact) mass is 130 g/mol. The van der Waals surface area contributed by atoms with Crippen LogP contribution in [0.2, 0.25) is 0 Å². The minimum Gasteiger partial charge on any atom is -0.390 e. The highest BCUT2D eigenvalue weighted by Crippen LogP contribution is 2.32. The normalized spacial score (nSPS) is 22.0. The fourth-order valence-electron chi connectivity index (χ4n) is 0.856. The summed E-state index contributed by atoms with van der Waals surface area (Å²) in [6.07, 6.45) is 2.19. The summed E-state index contributed by atoms with van der Waals surface area (Å²) in [5.41, 5.74) is 0. The van der Waals surface area contributed by atoms with E-state index in [4.69, 9.17) is 4.74 Å². The fraction of sp³-hybridized carbons (Fsp3) is 1.00. The Morgan fingerprint density at radius 1 is 1.67 bits per heavy atom. The van der Waals surface area contributed by atoms with Crippen molar-refractivity contribution in [1.82, 2.24) is 0 Å². The molecule has 0 aromatic heterocycles. The van der Waals surface area contributed by atoms with E-state index in [2.05, 4.69) is 0 Å². The van der Waals surface area contributed by atoms with E-state index in [1.165, 1.54) is 12.8 Å². The molecule has 0 aliphatic heterocycles. The lowest BCUT2D eigenvalue weighted by atomic mass is 10.2. The van der Waals surface area contributed by atoms with Crippen LogP contribution in [-0.4, -0.2) is 24.4 Å². The lowest BCUT2D eigenvalue weighted by molar-refractivity contribution is 0.0308. The number of aliphatic hydroxyl groups excluding tert-OH is 1. The molecule has 1 unspecified atom stereocenters. The highest BCUT2D eigenvalue weighted by atomic mass is 16.5.